The summed E-state index contributed by atoms with van der Waals surface area (Å²) in [4.78, 5) is 12.6. The van der Waals surface area contributed by atoms with Crippen LogP contribution in [-0.4, -0.2) is 26.4 Å². The number of phenols is 1. The Morgan fingerprint density at radius 2 is 1.69 bits per heavy atom. The molecule has 32 heavy (non-hydrogen) atoms. The lowest BCUT2D eigenvalue weighted by Crippen LogP contribution is -2.39. The van der Waals surface area contributed by atoms with E-state index in [4.69, 9.17) is 9.47 Å². The summed E-state index contributed by atoms with van der Waals surface area (Å²) in [5.74, 6) is 0.393. The lowest BCUT2D eigenvalue weighted by atomic mass is 10.1. The Kier molecular flexibility index (Phi) is 7.73. The summed E-state index contributed by atoms with van der Waals surface area (Å²) in [6.45, 7) is 4.69. The van der Waals surface area contributed by atoms with Crippen molar-refractivity contribution >= 4 is 19.4 Å². The molecule has 1 amide bonds. The fourth-order valence-electron chi connectivity index (χ4n) is 3.32. The van der Waals surface area contributed by atoms with E-state index in [-0.39, 0.29) is 12.4 Å². The first-order valence-corrected chi connectivity index (χ1v) is 13.6. The van der Waals surface area contributed by atoms with Gasteiger partial charge < -0.3 is 19.9 Å². The van der Waals surface area contributed by atoms with E-state index < -0.39 is 20.2 Å². The van der Waals surface area contributed by atoms with Crippen molar-refractivity contribution in [1.29, 1.82) is 0 Å². The van der Waals surface area contributed by atoms with Crippen molar-refractivity contribution in [3.63, 3.8) is 0 Å². The van der Waals surface area contributed by atoms with Crippen LogP contribution in [0.5, 0.6) is 11.5 Å². The smallest absolute Gasteiger partial charge is 0.408 e. The molecule has 1 atom stereocenters. The predicted octanol–water partition coefficient (Wildman–Crippen LogP) is 5.08. The van der Waals surface area contributed by atoms with E-state index in [0.29, 0.717) is 5.75 Å². The van der Waals surface area contributed by atoms with Crippen molar-refractivity contribution in [3.05, 3.63) is 102 Å². The van der Waals surface area contributed by atoms with Gasteiger partial charge in [0.1, 0.15) is 14.7 Å². The number of alkyl carbamates (subject to hydrolysis) is 1. The summed E-state index contributed by atoms with van der Waals surface area (Å²) >= 11 is 0. The van der Waals surface area contributed by atoms with Gasteiger partial charge in [-0.2, -0.15) is 0 Å². The third kappa shape index (κ3) is 6.25. The summed E-state index contributed by atoms with van der Waals surface area (Å²) in [6.07, 6.45) is 1.48. The van der Waals surface area contributed by atoms with Crippen molar-refractivity contribution in [1.82, 2.24) is 5.32 Å². The average molecular weight is 448 g/mol. The first-order valence-electron chi connectivity index (χ1n) is 10.5. The summed E-state index contributed by atoms with van der Waals surface area (Å²) in [5, 5.41) is 14.2. The van der Waals surface area contributed by atoms with Gasteiger partial charge in [-0.1, -0.05) is 96.8 Å². The van der Waals surface area contributed by atoms with Gasteiger partial charge in [-0.25, -0.2) is 4.79 Å². The number of carbonyl (C=O) groups is 1. The van der Waals surface area contributed by atoms with Crippen molar-refractivity contribution in [2.24, 2.45) is 0 Å². The number of nitrogens with one attached hydrogen (secondary N) is 1. The second-order valence-corrected chi connectivity index (χ2v) is 12.4. The second kappa shape index (κ2) is 10.7. The standard InChI is InChI=1S/C26H29NO4Si/c1-30-25-18-21(14-15-24(25)28)23(16-17-32(2,3)22-12-8-5-9-13-22)27-26(29)31-19-20-10-6-4-7-11-20/h4-18,23,28H,19H2,1-3H3,(H,27,29)/b17-16+. The van der Waals surface area contributed by atoms with E-state index in [0.717, 1.165) is 11.1 Å². The molecule has 0 aliphatic carbocycles. The highest BCUT2D eigenvalue weighted by atomic mass is 28.3. The zero-order valence-corrected chi connectivity index (χ0v) is 19.6. The number of methoxy groups -OCH3 is 1. The van der Waals surface area contributed by atoms with Crippen molar-refractivity contribution in [3.8, 4) is 11.5 Å². The fourth-order valence-corrected chi connectivity index (χ4v) is 5.24. The highest BCUT2D eigenvalue weighted by Crippen LogP contribution is 2.29. The molecule has 0 saturated carbocycles. The van der Waals surface area contributed by atoms with Crippen LogP contribution in [-0.2, 0) is 11.3 Å². The topological polar surface area (TPSA) is 67.8 Å². The second-order valence-electron chi connectivity index (χ2n) is 8.06. The molecule has 3 rings (SSSR count). The van der Waals surface area contributed by atoms with E-state index in [2.05, 4.69) is 36.2 Å². The van der Waals surface area contributed by atoms with Crippen LogP contribution in [0.15, 0.2) is 90.6 Å². The van der Waals surface area contributed by atoms with Crippen LogP contribution in [0.2, 0.25) is 13.1 Å². The molecule has 3 aromatic carbocycles. The minimum Gasteiger partial charge on any atom is -0.504 e. The lowest BCUT2D eigenvalue weighted by Gasteiger charge is -2.21. The van der Waals surface area contributed by atoms with Gasteiger partial charge in [0.2, 0.25) is 0 Å². The van der Waals surface area contributed by atoms with Gasteiger partial charge in [-0.15, -0.1) is 0 Å². The Balaban J connectivity index is 1.81. The summed E-state index contributed by atoms with van der Waals surface area (Å²) < 4.78 is 10.7. The number of benzene rings is 3. The Bertz CT molecular complexity index is 1050. The van der Waals surface area contributed by atoms with Gasteiger partial charge >= 0.3 is 6.09 Å². The maximum atomic E-state index is 12.6. The van der Waals surface area contributed by atoms with E-state index in [1.54, 1.807) is 18.2 Å². The molecule has 0 radical (unpaired) electrons. The fraction of sp³-hybridized carbons (Fsp3) is 0.192. The van der Waals surface area contributed by atoms with E-state index >= 15 is 0 Å². The molecule has 5 nitrogen and oxygen atoms in total. The normalized spacial score (nSPS) is 12.3. The zero-order valence-electron chi connectivity index (χ0n) is 18.6. The number of amides is 1. The third-order valence-electron chi connectivity index (χ3n) is 5.27. The Hall–Kier alpha value is -3.51. The molecule has 0 fully saturated rings. The van der Waals surface area contributed by atoms with Crippen molar-refractivity contribution in [2.45, 2.75) is 25.7 Å². The molecular weight excluding hydrogens is 418 g/mol. The van der Waals surface area contributed by atoms with Gasteiger partial charge in [0, 0.05) is 0 Å². The number of carbonyl (C=O) groups excluding carboxylic acids is 1. The molecule has 0 aliphatic heterocycles. The Morgan fingerprint density at radius 3 is 2.34 bits per heavy atom. The SMILES string of the molecule is COc1cc(C(/C=C/[Si](C)(C)c2ccccc2)NC(=O)OCc2ccccc2)ccc1O. The van der Waals surface area contributed by atoms with Crippen molar-refractivity contribution in [2.75, 3.05) is 7.11 Å². The summed E-state index contributed by atoms with van der Waals surface area (Å²) in [6, 6.07) is 24.5. The van der Waals surface area contributed by atoms with Crippen LogP contribution in [0.25, 0.3) is 0 Å². The first-order chi connectivity index (χ1) is 15.4. The molecule has 6 heteroatoms. The largest absolute Gasteiger partial charge is 0.504 e. The molecule has 0 aromatic heterocycles. The number of ether oxygens (including phenoxy) is 2. The monoisotopic (exact) mass is 447 g/mol. The number of aromatic hydroxyl groups is 1. The molecule has 166 valence electrons. The average Bonchev–Trinajstić information content (AvgIpc) is 2.82. The van der Waals surface area contributed by atoms with Gasteiger partial charge in [-0.05, 0) is 23.3 Å². The van der Waals surface area contributed by atoms with E-state index in [9.17, 15) is 9.90 Å². The van der Waals surface area contributed by atoms with Crippen LogP contribution in [0, 0.1) is 0 Å². The minimum atomic E-state index is -1.88. The molecule has 2 N–H and O–H groups in total. The molecular formula is C26H29NO4Si. The molecule has 0 bridgehead atoms. The highest BCUT2D eigenvalue weighted by molar-refractivity contribution is 6.93. The van der Waals surface area contributed by atoms with Crippen molar-refractivity contribution < 1.29 is 19.4 Å². The number of hydrogen-bond donors (Lipinski definition) is 2. The molecule has 1 unspecified atom stereocenters. The molecule has 3 aromatic rings. The third-order valence-corrected chi connectivity index (χ3v) is 8.12. The van der Waals surface area contributed by atoms with Gasteiger partial charge in [0.25, 0.3) is 0 Å². The zero-order chi connectivity index (χ0) is 23.0. The molecule has 0 aliphatic rings. The minimum absolute atomic E-state index is 0.0459. The van der Waals surface area contributed by atoms with Crippen LogP contribution >= 0.6 is 0 Å². The predicted molar refractivity (Wildman–Crippen MR) is 130 cm³/mol. The highest BCUT2D eigenvalue weighted by Gasteiger charge is 2.22. The van der Waals surface area contributed by atoms with Crippen LogP contribution < -0.4 is 15.2 Å². The maximum Gasteiger partial charge on any atom is 0.408 e. The van der Waals surface area contributed by atoms with Crippen LogP contribution in [0.1, 0.15) is 17.2 Å². The van der Waals surface area contributed by atoms with Crippen LogP contribution in [0.3, 0.4) is 0 Å². The quantitative estimate of drug-likeness (QED) is 0.473. The lowest BCUT2D eigenvalue weighted by molar-refractivity contribution is 0.137. The molecule has 0 saturated heterocycles. The van der Waals surface area contributed by atoms with Gasteiger partial charge in [0.15, 0.2) is 11.5 Å². The number of phenolic OH excluding ortho intramolecular Hbond substituents is 1. The van der Waals surface area contributed by atoms with E-state index in [1.165, 1.54) is 12.3 Å². The number of rotatable bonds is 8. The summed E-state index contributed by atoms with van der Waals surface area (Å²) in [5.41, 5.74) is 3.90. The molecule has 0 heterocycles. The van der Waals surface area contributed by atoms with Crippen LogP contribution in [0.4, 0.5) is 4.79 Å². The summed E-state index contributed by atoms with van der Waals surface area (Å²) in [7, 11) is -0.387. The number of hydrogen-bond acceptors (Lipinski definition) is 4. The maximum absolute atomic E-state index is 12.6. The first kappa shape index (κ1) is 23.2. The van der Waals surface area contributed by atoms with E-state index in [1.807, 2.05) is 54.6 Å². The van der Waals surface area contributed by atoms with Gasteiger partial charge in [0.05, 0.1) is 13.2 Å². The van der Waals surface area contributed by atoms with Gasteiger partial charge in [-0.3, -0.25) is 0 Å². The molecule has 0 spiro atoms. The Morgan fingerprint density at radius 1 is 1.03 bits per heavy atom. The Labute approximate surface area is 190 Å².